The predicted octanol–water partition coefficient (Wildman–Crippen LogP) is 2.24. The van der Waals surface area contributed by atoms with Gasteiger partial charge in [-0.3, -0.25) is 4.79 Å². The first kappa shape index (κ1) is 14.6. The molecule has 0 radical (unpaired) electrons. The molecule has 0 aliphatic carbocycles. The summed E-state index contributed by atoms with van der Waals surface area (Å²) in [6.45, 7) is 1.77. The van der Waals surface area contributed by atoms with Crippen LogP contribution in [0.1, 0.15) is 23.8 Å². The van der Waals surface area contributed by atoms with E-state index < -0.39 is 15.4 Å². The summed E-state index contributed by atoms with van der Waals surface area (Å²) in [6.07, 6.45) is 0.451. The summed E-state index contributed by atoms with van der Waals surface area (Å²) >= 11 is 3.38. The smallest absolute Gasteiger partial charge is 0.268 e. The number of carbonyl (C=O) groups is 1. The highest BCUT2D eigenvalue weighted by Gasteiger charge is 2.39. The van der Waals surface area contributed by atoms with E-state index in [4.69, 9.17) is 0 Å². The standard InChI is InChI=1S/C14H15BrN2O3S/c1-14(4-5-21(19,20)8-14)17-13(18)12-6-9-2-3-10(15)7-11(9)16-12/h2-3,6-7,16H,4-5,8H2,1H3,(H,17,18). The summed E-state index contributed by atoms with van der Waals surface area (Å²) in [5, 5.41) is 3.78. The lowest BCUT2D eigenvalue weighted by Crippen LogP contribution is -2.47. The van der Waals surface area contributed by atoms with Crippen molar-refractivity contribution < 1.29 is 13.2 Å². The van der Waals surface area contributed by atoms with Gasteiger partial charge in [0.2, 0.25) is 0 Å². The minimum absolute atomic E-state index is 0.00246. The van der Waals surface area contributed by atoms with Crippen LogP contribution in [0.15, 0.2) is 28.7 Å². The molecule has 1 amide bonds. The van der Waals surface area contributed by atoms with Crippen molar-refractivity contribution in [2.24, 2.45) is 0 Å². The van der Waals surface area contributed by atoms with E-state index in [1.807, 2.05) is 18.2 Å². The number of halogens is 1. The number of amides is 1. The Morgan fingerprint density at radius 3 is 2.81 bits per heavy atom. The molecule has 1 saturated heterocycles. The molecule has 1 atom stereocenters. The Balaban J connectivity index is 1.84. The van der Waals surface area contributed by atoms with Crippen LogP contribution in [-0.2, 0) is 9.84 Å². The Bertz CT molecular complexity index is 828. The van der Waals surface area contributed by atoms with Crippen molar-refractivity contribution in [3.63, 3.8) is 0 Å². The Labute approximate surface area is 131 Å². The first-order valence-electron chi connectivity index (χ1n) is 6.58. The molecule has 1 aliphatic rings. The van der Waals surface area contributed by atoms with Crippen LogP contribution >= 0.6 is 15.9 Å². The molecule has 0 spiro atoms. The van der Waals surface area contributed by atoms with E-state index in [2.05, 4.69) is 26.2 Å². The van der Waals surface area contributed by atoms with Crippen molar-refractivity contribution in [3.05, 3.63) is 34.4 Å². The highest BCUT2D eigenvalue weighted by molar-refractivity contribution is 9.10. The van der Waals surface area contributed by atoms with Gasteiger partial charge in [0.25, 0.3) is 5.91 Å². The summed E-state index contributed by atoms with van der Waals surface area (Å²) < 4.78 is 24.1. The van der Waals surface area contributed by atoms with Gasteiger partial charge in [-0.2, -0.15) is 0 Å². The fourth-order valence-electron chi connectivity index (χ4n) is 2.67. The first-order chi connectivity index (χ1) is 9.76. The first-order valence-corrected chi connectivity index (χ1v) is 9.19. The molecule has 0 saturated carbocycles. The van der Waals surface area contributed by atoms with E-state index in [-0.39, 0.29) is 17.4 Å². The second-order valence-corrected chi connectivity index (χ2v) is 8.87. The largest absolute Gasteiger partial charge is 0.350 e. The predicted molar refractivity (Wildman–Crippen MR) is 85.1 cm³/mol. The maximum absolute atomic E-state index is 12.3. The van der Waals surface area contributed by atoms with Crippen LogP contribution in [0, 0.1) is 0 Å². The molecule has 1 unspecified atom stereocenters. The summed E-state index contributed by atoms with van der Waals surface area (Å²) in [7, 11) is -3.04. The lowest BCUT2D eigenvalue weighted by atomic mass is 10.0. The second-order valence-electron chi connectivity index (χ2n) is 5.77. The van der Waals surface area contributed by atoms with Crippen LogP contribution in [0.2, 0.25) is 0 Å². The van der Waals surface area contributed by atoms with Crippen LogP contribution in [-0.4, -0.2) is 36.4 Å². The number of nitrogens with one attached hydrogen (secondary N) is 2. The molecule has 3 rings (SSSR count). The Kier molecular flexibility index (Phi) is 3.37. The van der Waals surface area contributed by atoms with Gasteiger partial charge in [0.15, 0.2) is 9.84 Å². The zero-order valence-electron chi connectivity index (χ0n) is 11.4. The van der Waals surface area contributed by atoms with Crippen molar-refractivity contribution in [1.82, 2.24) is 10.3 Å². The third-order valence-corrected chi connectivity index (χ3v) is 6.14. The van der Waals surface area contributed by atoms with Gasteiger partial charge < -0.3 is 10.3 Å². The molecule has 2 N–H and O–H groups in total. The Morgan fingerprint density at radius 1 is 1.38 bits per heavy atom. The van der Waals surface area contributed by atoms with Crippen LogP contribution in [0.25, 0.3) is 10.9 Å². The van der Waals surface area contributed by atoms with Gasteiger partial charge in [0.1, 0.15) is 5.69 Å². The van der Waals surface area contributed by atoms with Gasteiger partial charge in [0.05, 0.1) is 17.0 Å². The highest BCUT2D eigenvalue weighted by Crippen LogP contribution is 2.24. The highest BCUT2D eigenvalue weighted by atomic mass is 79.9. The van der Waals surface area contributed by atoms with E-state index >= 15 is 0 Å². The number of H-pyrrole nitrogens is 1. The molecular weight excluding hydrogens is 356 g/mol. The number of sulfone groups is 1. The number of benzene rings is 1. The fraction of sp³-hybridized carbons (Fsp3) is 0.357. The van der Waals surface area contributed by atoms with Crippen molar-refractivity contribution in [3.8, 4) is 0 Å². The molecule has 7 heteroatoms. The number of aromatic amines is 1. The molecule has 5 nitrogen and oxygen atoms in total. The molecule has 2 heterocycles. The summed E-state index contributed by atoms with van der Waals surface area (Å²) in [5.41, 5.74) is 0.612. The van der Waals surface area contributed by atoms with Crippen LogP contribution in [0.5, 0.6) is 0 Å². The van der Waals surface area contributed by atoms with Gasteiger partial charge in [-0.15, -0.1) is 0 Å². The van der Waals surface area contributed by atoms with E-state index in [0.29, 0.717) is 12.1 Å². The van der Waals surface area contributed by atoms with Gasteiger partial charge in [0, 0.05) is 15.4 Å². The zero-order chi connectivity index (χ0) is 15.3. The van der Waals surface area contributed by atoms with E-state index in [1.54, 1.807) is 13.0 Å². The van der Waals surface area contributed by atoms with Crippen LogP contribution < -0.4 is 5.32 Å². The lowest BCUT2D eigenvalue weighted by Gasteiger charge is -2.23. The van der Waals surface area contributed by atoms with E-state index in [0.717, 1.165) is 15.4 Å². The second kappa shape index (κ2) is 4.84. The van der Waals surface area contributed by atoms with E-state index in [1.165, 1.54) is 0 Å². The molecule has 0 bridgehead atoms. The lowest BCUT2D eigenvalue weighted by molar-refractivity contribution is 0.0911. The van der Waals surface area contributed by atoms with Crippen molar-refractivity contribution in [2.45, 2.75) is 18.9 Å². The Hall–Kier alpha value is -1.34. The van der Waals surface area contributed by atoms with Crippen LogP contribution in [0.3, 0.4) is 0 Å². The number of aromatic nitrogens is 1. The third-order valence-electron chi connectivity index (χ3n) is 3.75. The minimum atomic E-state index is -3.04. The van der Waals surface area contributed by atoms with Crippen molar-refractivity contribution >= 4 is 42.6 Å². The number of hydrogen-bond donors (Lipinski definition) is 2. The summed E-state index contributed by atoms with van der Waals surface area (Å²) in [4.78, 5) is 15.4. The summed E-state index contributed by atoms with van der Waals surface area (Å²) in [5.74, 6) is -0.150. The number of hydrogen-bond acceptors (Lipinski definition) is 3. The maximum atomic E-state index is 12.3. The number of carbonyl (C=O) groups excluding carboxylic acids is 1. The fourth-order valence-corrected chi connectivity index (χ4v) is 5.13. The van der Waals surface area contributed by atoms with Crippen molar-refractivity contribution in [2.75, 3.05) is 11.5 Å². The molecule has 1 aliphatic heterocycles. The zero-order valence-corrected chi connectivity index (χ0v) is 13.8. The average Bonchev–Trinajstić information content (AvgIpc) is 2.90. The normalized spacial score (nSPS) is 24.3. The van der Waals surface area contributed by atoms with E-state index in [9.17, 15) is 13.2 Å². The summed E-state index contributed by atoms with van der Waals surface area (Å²) in [6, 6.07) is 7.48. The number of rotatable bonds is 2. The monoisotopic (exact) mass is 370 g/mol. The minimum Gasteiger partial charge on any atom is -0.350 e. The molecule has 112 valence electrons. The molecule has 21 heavy (non-hydrogen) atoms. The third kappa shape index (κ3) is 2.98. The van der Waals surface area contributed by atoms with Gasteiger partial charge >= 0.3 is 0 Å². The Morgan fingerprint density at radius 2 is 2.14 bits per heavy atom. The number of fused-ring (bicyclic) bond motifs is 1. The molecule has 1 aromatic heterocycles. The molecule has 1 fully saturated rings. The maximum Gasteiger partial charge on any atom is 0.268 e. The van der Waals surface area contributed by atoms with Crippen molar-refractivity contribution in [1.29, 1.82) is 0 Å². The molecular formula is C14H15BrN2O3S. The SMILES string of the molecule is CC1(NC(=O)c2cc3ccc(Br)cc3[nH]2)CCS(=O)(=O)C1. The van der Waals surface area contributed by atoms with Crippen LogP contribution in [0.4, 0.5) is 0 Å². The van der Waals surface area contributed by atoms with Gasteiger partial charge in [-0.1, -0.05) is 22.0 Å². The average molecular weight is 371 g/mol. The van der Waals surface area contributed by atoms with Gasteiger partial charge in [-0.25, -0.2) is 8.42 Å². The topological polar surface area (TPSA) is 79.0 Å². The molecule has 1 aromatic carbocycles. The molecule has 2 aromatic rings. The van der Waals surface area contributed by atoms with Gasteiger partial charge in [-0.05, 0) is 31.5 Å². The quantitative estimate of drug-likeness (QED) is 0.850.